The molecule has 2 heteroatoms. The normalized spacial score (nSPS) is 12.8. The van der Waals surface area contributed by atoms with Crippen LogP contribution in [0.4, 0.5) is 0 Å². The Kier molecular flexibility index (Phi) is 5.74. The van der Waals surface area contributed by atoms with Crippen LogP contribution in [0.3, 0.4) is 0 Å². The zero-order valence-electron chi connectivity index (χ0n) is 16.1. The molecule has 4 aromatic rings. The zero-order valence-corrected chi connectivity index (χ0v) is 21.4. The van der Waals surface area contributed by atoms with Crippen molar-refractivity contribution in [1.29, 1.82) is 0 Å². The SMILES string of the molecule is [CH3][Sn]([CH3])([CH2][GeH]([c]1ccccc1)[c]1cccc2ccccc12)[c]1ccccc1. The Morgan fingerprint density at radius 3 is 1.96 bits per heavy atom. The molecule has 0 aliphatic heterocycles. The van der Waals surface area contributed by atoms with Crippen molar-refractivity contribution >= 4 is 55.9 Å². The fraction of sp³-hybridized carbons (Fsp3) is 0.120. The van der Waals surface area contributed by atoms with E-state index in [9.17, 15) is 0 Å². The number of hydrogen-bond donors (Lipinski definition) is 0. The summed E-state index contributed by atoms with van der Waals surface area (Å²) in [6.07, 6.45) is 0. The number of benzene rings is 4. The first-order chi connectivity index (χ1) is 13.1. The summed E-state index contributed by atoms with van der Waals surface area (Å²) < 4.78 is 6.40. The van der Waals surface area contributed by atoms with Crippen LogP contribution in [0, 0.1) is 0 Å². The van der Waals surface area contributed by atoms with Crippen molar-refractivity contribution in [3.8, 4) is 0 Å². The molecule has 0 saturated heterocycles. The van der Waals surface area contributed by atoms with Gasteiger partial charge in [0.2, 0.25) is 0 Å². The van der Waals surface area contributed by atoms with Crippen LogP contribution in [0.5, 0.6) is 0 Å². The Morgan fingerprint density at radius 2 is 1.22 bits per heavy atom. The monoisotopic (exact) mass is 520 g/mol. The van der Waals surface area contributed by atoms with Gasteiger partial charge in [-0.1, -0.05) is 0 Å². The molecule has 4 rings (SSSR count). The average Bonchev–Trinajstić information content (AvgIpc) is 2.73. The molecule has 27 heavy (non-hydrogen) atoms. The third-order valence-corrected chi connectivity index (χ3v) is 40.4. The molecular weight excluding hydrogens is 492 g/mol. The standard InChI is InChI=1S/C17H15Ge.C6H5.2CH3.Sn/c1-18(15-10-3-2-4-11-15)17-13-7-9-14-8-5-6-12-16(14)17;1-2-4-6-5-3-1;;;/h2-13,18H,1H2;1-5H;2*1H3;. The van der Waals surface area contributed by atoms with E-state index < -0.39 is 32.7 Å². The Balaban J connectivity index is 1.83. The molecule has 0 saturated carbocycles. The van der Waals surface area contributed by atoms with Crippen molar-refractivity contribution < 1.29 is 0 Å². The molecule has 0 heterocycles. The van der Waals surface area contributed by atoms with Crippen molar-refractivity contribution in [1.82, 2.24) is 0 Å². The van der Waals surface area contributed by atoms with Crippen LogP contribution in [-0.2, 0) is 0 Å². The molecule has 1 atom stereocenters. The maximum absolute atomic E-state index is 2.62. The molecule has 0 N–H and O–H groups in total. The van der Waals surface area contributed by atoms with Crippen LogP contribution in [0.2, 0.25) is 13.1 Å². The van der Waals surface area contributed by atoms with Gasteiger partial charge in [-0.15, -0.1) is 0 Å². The maximum atomic E-state index is 2.62. The summed E-state index contributed by atoms with van der Waals surface area (Å²) in [7, 11) is 0. The van der Waals surface area contributed by atoms with Crippen molar-refractivity contribution in [3.63, 3.8) is 0 Å². The summed E-state index contributed by atoms with van der Waals surface area (Å²) in [6, 6.07) is 38.6. The quantitative estimate of drug-likeness (QED) is 0.346. The van der Waals surface area contributed by atoms with Gasteiger partial charge in [0.15, 0.2) is 0 Å². The summed E-state index contributed by atoms with van der Waals surface area (Å²) in [5.74, 6) is 0. The van der Waals surface area contributed by atoms with Gasteiger partial charge in [-0.05, 0) is 0 Å². The number of fused-ring (bicyclic) bond motifs is 1. The number of hydrogen-bond acceptors (Lipinski definition) is 0. The van der Waals surface area contributed by atoms with Crippen molar-refractivity contribution in [2.24, 2.45) is 0 Å². The first-order valence-electron chi connectivity index (χ1n) is 9.73. The fourth-order valence-electron chi connectivity index (χ4n) is 4.16. The van der Waals surface area contributed by atoms with Crippen molar-refractivity contribution in [2.45, 2.75) is 13.1 Å². The summed E-state index contributed by atoms with van der Waals surface area (Å²) >= 11 is -4.29. The fourth-order valence-corrected chi connectivity index (χ4v) is 40.5. The Hall–Kier alpha value is -1.52. The summed E-state index contributed by atoms with van der Waals surface area (Å²) in [5, 5.41) is 2.86. The van der Waals surface area contributed by atoms with E-state index in [1.807, 2.05) is 0 Å². The minimum atomic E-state index is -2.37. The van der Waals surface area contributed by atoms with Gasteiger partial charge in [-0.25, -0.2) is 0 Å². The van der Waals surface area contributed by atoms with Crippen LogP contribution < -0.4 is 12.4 Å². The van der Waals surface area contributed by atoms with Crippen molar-refractivity contribution in [3.05, 3.63) is 103 Å². The minimum absolute atomic E-state index is 1.38. The first-order valence-corrected chi connectivity index (χ1v) is 23.0. The third kappa shape index (κ3) is 4.17. The first kappa shape index (κ1) is 18.8. The van der Waals surface area contributed by atoms with Gasteiger partial charge in [-0.2, -0.15) is 0 Å². The van der Waals surface area contributed by atoms with E-state index in [-0.39, 0.29) is 0 Å². The predicted molar refractivity (Wildman–Crippen MR) is 125 cm³/mol. The van der Waals surface area contributed by atoms with E-state index in [0.717, 1.165) is 0 Å². The Bertz CT molecular complexity index is 1020. The van der Waals surface area contributed by atoms with E-state index in [2.05, 4.69) is 113 Å². The molecule has 1 unspecified atom stereocenters. The van der Waals surface area contributed by atoms with Crippen molar-refractivity contribution in [2.75, 3.05) is 0 Å². The van der Waals surface area contributed by atoms with E-state index >= 15 is 0 Å². The molecule has 0 nitrogen and oxygen atoms in total. The second-order valence-corrected chi connectivity index (χ2v) is 32.3. The van der Waals surface area contributed by atoms with E-state index in [0.29, 0.717) is 0 Å². The Morgan fingerprint density at radius 1 is 0.630 bits per heavy atom. The Labute approximate surface area is 171 Å². The molecule has 0 radical (unpaired) electrons. The van der Waals surface area contributed by atoms with Crippen LogP contribution in [0.1, 0.15) is 0 Å². The van der Waals surface area contributed by atoms with Crippen LogP contribution in [0.25, 0.3) is 10.8 Å². The molecule has 4 aromatic carbocycles. The average molecular weight is 518 g/mol. The second-order valence-electron chi connectivity index (χ2n) is 7.99. The predicted octanol–water partition coefficient (Wildman–Crippen LogP) is 4.34. The van der Waals surface area contributed by atoms with Crippen LogP contribution in [0.15, 0.2) is 103 Å². The van der Waals surface area contributed by atoms with E-state index in [1.54, 1.807) is 12.4 Å². The van der Waals surface area contributed by atoms with E-state index in [1.165, 1.54) is 14.0 Å². The van der Waals surface area contributed by atoms with Gasteiger partial charge in [0.1, 0.15) is 0 Å². The summed E-state index contributed by atoms with van der Waals surface area (Å²) in [5.41, 5.74) is 0. The molecule has 0 spiro atoms. The molecule has 0 fully saturated rings. The van der Waals surface area contributed by atoms with Crippen LogP contribution >= 0.6 is 0 Å². The topological polar surface area (TPSA) is 0 Å². The zero-order chi connectivity index (χ0) is 18.7. The van der Waals surface area contributed by atoms with Gasteiger partial charge in [0.25, 0.3) is 0 Å². The van der Waals surface area contributed by atoms with Gasteiger partial charge in [0, 0.05) is 0 Å². The number of rotatable bonds is 5. The van der Waals surface area contributed by atoms with E-state index in [4.69, 9.17) is 0 Å². The summed E-state index contributed by atoms with van der Waals surface area (Å²) in [6.45, 7) is 0. The molecule has 0 aromatic heterocycles. The molecule has 0 aliphatic carbocycles. The second kappa shape index (κ2) is 8.24. The summed E-state index contributed by atoms with van der Waals surface area (Å²) in [4.78, 5) is 5.24. The molecule has 0 aliphatic rings. The third-order valence-electron chi connectivity index (χ3n) is 5.67. The molecular formula is C25H26GeSn. The molecule has 0 bridgehead atoms. The van der Waals surface area contributed by atoms with Gasteiger partial charge in [-0.3, -0.25) is 0 Å². The van der Waals surface area contributed by atoms with Gasteiger partial charge >= 0.3 is 172 Å². The molecule has 0 amide bonds. The van der Waals surface area contributed by atoms with Crippen LogP contribution in [-0.4, -0.2) is 32.7 Å². The van der Waals surface area contributed by atoms with Gasteiger partial charge in [0.05, 0.1) is 0 Å². The molecule has 134 valence electrons. The van der Waals surface area contributed by atoms with Gasteiger partial charge < -0.3 is 0 Å².